The molecule has 0 radical (unpaired) electrons. The number of benzene rings is 8. The van der Waals surface area contributed by atoms with Crippen molar-refractivity contribution in [1.29, 1.82) is 0 Å². The fourth-order valence-corrected chi connectivity index (χ4v) is 10.7. The zero-order valence-corrected chi connectivity index (χ0v) is 31.8. The second kappa shape index (κ2) is 13.4. The van der Waals surface area contributed by atoms with Crippen molar-refractivity contribution < 1.29 is 4.42 Å². The Balaban J connectivity index is 1.29. The van der Waals surface area contributed by atoms with E-state index in [1.807, 2.05) is 24.3 Å². The van der Waals surface area contributed by atoms with Gasteiger partial charge in [-0.25, -0.2) is 0 Å². The first-order valence-electron chi connectivity index (χ1n) is 18.7. The van der Waals surface area contributed by atoms with Gasteiger partial charge < -0.3 is 0 Å². The first kappa shape index (κ1) is 32.5. The monoisotopic (exact) mass is 781 g/mol. The molecule has 0 saturated heterocycles. The molecule has 262 valence electrons. The fourth-order valence-electron chi connectivity index (χ4n) is 8.36. The number of furan rings is 1. The van der Waals surface area contributed by atoms with Crippen molar-refractivity contribution in [3.05, 3.63) is 188 Å². The quantitative estimate of drug-likeness (QED) is 0.158. The van der Waals surface area contributed by atoms with Gasteiger partial charge in [-0.3, -0.25) is 0 Å². The number of aromatic nitrogens is 3. The number of nitrogens with zero attached hydrogens (tertiary/aromatic N) is 3. The Hall–Kier alpha value is -6.91. The third-order valence-corrected chi connectivity index (χ3v) is 13.2. The molecule has 3 heterocycles. The predicted octanol–water partition coefficient (Wildman–Crippen LogP) is 13.1. The van der Waals surface area contributed by atoms with Crippen LogP contribution in [0.1, 0.15) is 0 Å². The molecular formula is C51H31N3OSe. The molecule has 0 spiro atoms. The summed E-state index contributed by atoms with van der Waals surface area (Å²) in [5, 5.41) is 19.1. The predicted molar refractivity (Wildman–Crippen MR) is 232 cm³/mol. The van der Waals surface area contributed by atoms with E-state index in [9.17, 15) is 0 Å². The van der Waals surface area contributed by atoms with Gasteiger partial charge in [-0.2, -0.15) is 0 Å². The van der Waals surface area contributed by atoms with E-state index < -0.39 is 0 Å². The van der Waals surface area contributed by atoms with Crippen molar-refractivity contribution in [2.24, 2.45) is 0 Å². The standard InChI is InChI=1S/C51H31N3OSe/c1-3-16-32(17-4-1)34-20-7-8-21-35(34)36-22-9-10-23-37(36)38-30-31-45-47(40-25-12-14-29-44(40)56-45)48(38)51-49(50(52-54-53-51)33-18-5-2-6-19-33)41-26-15-28-43-46(41)39-24-11-13-27-42(39)55-43/h1-31H. The molecule has 8 aromatic carbocycles. The van der Waals surface area contributed by atoms with Crippen molar-refractivity contribution in [3.63, 3.8) is 0 Å². The van der Waals surface area contributed by atoms with E-state index in [4.69, 9.17) is 14.6 Å². The molecule has 3 aromatic heterocycles. The van der Waals surface area contributed by atoms with Gasteiger partial charge in [0.25, 0.3) is 0 Å². The van der Waals surface area contributed by atoms with Gasteiger partial charge in [-0.15, -0.1) is 0 Å². The zero-order valence-electron chi connectivity index (χ0n) is 30.1. The molecule has 0 saturated carbocycles. The van der Waals surface area contributed by atoms with Crippen molar-refractivity contribution >= 4 is 55.7 Å². The molecular weight excluding hydrogens is 750 g/mol. The third-order valence-electron chi connectivity index (χ3n) is 10.8. The average molecular weight is 781 g/mol. The van der Waals surface area contributed by atoms with E-state index in [-0.39, 0.29) is 14.5 Å². The number of rotatable bonds is 6. The molecule has 0 amide bonds. The van der Waals surface area contributed by atoms with Crippen LogP contribution in [-0.4, -0.2) is 29.9 Å². The van der Waals surface area contributed by atoms with E-state index in [0.717, 1.165) is 72.3 Å². The van der Waals surface area contributed by atoms with E-state index >= 15 is 0 Å². The summed E-state index contributed by atoms with van der Waals surface area (Å²) in [4.78, 5) is 0. The van der Waals surface area contributed by atoms with Gasteiger partial charge in [0, 0.05) is 0 Å². The van der Waals surface area contributed by atoms with E-state index in [1.54, 1.807) is 0 Å². The van der Waals surface area contributed by atoms with Crippen LogP contribution in [0.2, 0.25) is 0 Å². The number of fused-ring (bicyclic) bond motifs is 6. The molecule has 0 atom stereocenters. The Morgan fingerprint density at radius 2 is 0.911 bits per heavy atom. The second-order valence-electron chi connectivity index (χ2n) is 13.9. The summed E-state index contributed by atoms with van der Waals surface area (Å²) >= 11 is 0.127. The van der Waals surface area contributed by atoms with Crippen LogP contribution >= 0.6 is 0 Å². The molecule has 5 heteroatoms. The molecule has 0 aliphatic heterocycles. The summed E-state index contributed by atoms with van der Waals surface area (Å²) in [6, 6.07) is 66.6. The van der Waals surface area contributed by atoms with Gasteiger partial charge >= 0.3 is 331 Å². The second-order valence-corrected chi connectivity index (χ2v) is 16.2. The molecule has 0 N–H and O–H groups in total. The van der Waals surface area contributed by atoms with Crippen molar-refractivity contribution in [2.75, 3.05) is 0 Å². The average Bonchev–Trinajstić information content (AvgIpc) is 3.85. The molecule has 0 unspecified atom stereocenters. The molecule has 11 rings (SSSR count). The number of hydrogen-bond donors (Lipinski definition) is 0. The van der Waals surface area contributed by atoms with Gasteiger partial charge in [-0.05, 0) is 0 Å². The Kier molecular flexibility index (Phi) is 7.80. The SMILES string of the molecule is c1ccc(-c2ccccc2-c2ccccc2-c2ccc3[se]c4ccccc4c3c2-c2nnnc(-c3ccccc3)c2-c2cccc3oc4ccccc4c23)cc1. The first-order chi connectivity index (χ1) is 27.8. The minimum atomic E-state index is 0.127. The Morgan fingerprint density at radius 1 is 0.339 bits per heavy atom. The number of hydrogen-bond acceptors (Lipinski definition) is 4. The van der Waals surface area contributed by atoms with Crippen LogP contribution in [0.4, 0.5) is 0 Å². The summed E-state index contributed by atoms with van der Waals surface area (Å²) in [6.45, 7) is 0. The molecule has 0 aliphatic rings. The Labute approximate surface area is 329 Å². The Morgan fingerprint density at radius 3 is 1.70 bits per heavy atom. The van der Waals surface area contributed by atoms with Crippen LogP contribution in [0.15, 0.2) is 192 Å². The van der Waals surface area contributed by atoms with Gasteiger partial charge in [0.2, 0.25) is 0 Å². The first-order valence-corrected chi connectivity index (χ1v) is 20.4. The van der Waals surface area contributed by atoms with Crippen LogP contribution in [0, 0.1) is 0 Å². The number of para-hydroxylation sites is 1. The topological polar surface area (TPSA) is 51.8 Å². The molecule has 4 nitrogen and oxygen atoms in total. The van der Waals surface area contributed by atoms with Crippen LogP contribution in [-0.2, 0) is 0 Å². The maximum absolute atomic E-state index is 6.48. The molecule has 56 heavy (non-hydrogen) atoms. The van der Waals surface area contributed by atoms with Crippen molar-refractivity contribution in [3.8, 4) is 67.0 Å². The maximum atomic E-state index is 6.48. The van der Waals surface area contributed by atoms with Crippen LogP contribution in [0.5, 0.6) is 0 Å². The van der Waals surface area contributed by atoms with Gasteiger partial charge in [-0.1, -0.05) is 0 Å². The summed E-state index contributed by atoms with van der Waals surface area (Å²) in [5.41, 5.74) is 14.1. The summed E-state index contributed by atoms with van der Waals surface area (Å²) in [6.07, 6.45) is 0. The molecule has 11 aromatic rings. The molecule has 0 fully saturated rings. The van der Waals surface area contributed by atoms with E-state index in [0.29, 0.717) is 0 Å². The Bertz CT molecular complexity index is 3260. The van der Waals surface area contributed by atoms with Gasteiger partial charge in [0.15, 0.2) is 0 Å². The van der Waals surface area contributed by atoms with E-state index in [1.165, 1.54) is 36.0 Å². The third kappa shape index (κ3) is 5.25. The van der Waals surface area contributed by atoms with Crippen LogP contribution in [0.25, 0.3) is 108 Å². The van der Waals surface area contributed by atoms with Crippen LogP contribution < -0.4 is 0 Å². The minimum absolute atomic E-state index is 0.127. The normalized spacial score (nSPS) is 11.6. The zero-order chi connectivity index (χ0) is 37.0. The fraction of sp³-hybridized carbons (Fsp3) is 0. The van der Waals surface area contributed by atoms with E-state index in [2.05, 4.69) is 169 Å². The summed E-state index contributed by atoms with van der Waals surface area (Å²) in [5.74, 6) is 0. The van der Waals surface area contributed by atoms with Crippen molar-refractivity contribution in [2.45, 2.75) is 0 Å². The van der Waals surface area contributed by atoms with Crippen molar-refractivity contribution in [1.82, 2.24) is 15.4 Å². The molecule has 0 aliphatic carbocycles. The summed E-state index contributed by atoms with van der Waals surface area (Å²) in [7, 11) is 0. The van der Waals surface area contributed by atoms with Gasteiger partial charge in [0.1, 0.15) is 0 Å². The van der Waals surface area contributed by atoms with Gasteiger partial charge in [0.05, 0.1) is 0 Å². The molecule has 0 bridgehead atoms. The van der Waals surface area contributed by atoms with Crippen LogP contribution in [0.3, 0.4) is 0 Å². The summed E-state index contributed by atoms with van der Waals surface area (Å²) < 4.78 is 9.18.